The number of piperidine rings is 1. The number of amides is 1. The molecule has 7 heteroatoms. The van der Waals surface area contributed by atoms with Crippen LogP contribution in [-0.4, -0.2) is 44.8 Å². The molecule has 0 radical (unpaired) electrons. The normalized spacial score (nSPS) is 18.7. The Kier molecular flexibility index (Phi) is 3.47. The van der Waals surface area contributed by atoms with Crippen LogP contribution in [0, 0.1) is 0 Å². The minimum atomic E-state index is -0.999. The van der Waals surface area contributed by atoms with Crippen LogP contribution in [0.3, 0.4) is 0 Å². The van der Waals surface area contributed by atoms with Crippen molar-refractivity contribution in [2.24, 2.45) is 0 Å². The molecule has 0 unspecified atom stereocenters. The van der Waals surface area contributed by atoms with Crippen LogP contribution in [0.25, 0.3) is 0 Å². The molecule has 1 aliphatic rings. The Hall–Kier alpha value is -2.57. The Balaban J connectivity index is 1.73. The molecule has 0 spiro atoms. The summed E-state index contributed by atoms with van der Waals surface area (Å²) in [7, 11) is 0. The predicted octanol–water partition coefficient (Wildman–Crippen LogP) is 1.65. The number of furan rings is 1. The largest absolute Gasteiger partial charge is 0.478 e. The summed E-state index contributed by atoms with van der Waals surface area (Å²) in [5.74, 6) is -0.821. The van der Waals surface area contributed by atoms with Crippen LogP contribution in [0.5, 0.6) is 0 Å². The molecule has 7 nitrogen and oxygen atoms in total. The summed E-state index contributed by atoms with van der Waals surface area (Å²) in [6.45, 7) is 1.17. The maximum atomic E-state index is 12.3. The Morgan fingerprint density at radius 1 is 1.43 bits per heavy atom. The van der Waals surface area contributed by atoms with E-state index < -0.39 is 5.97 Å². The third-order valence-electron chi connectivity index (χ3n) is 3.64. The lowest BCUT2D eigenvalue weighted by atomic mass is 10.1. The molecule has 21 heavy (non-hydrogen) atoms. The first kappa shape index (κ1) is 13.4. The molecule has 0 aromatic carbocycles. The molecule has 1 amide bonds. The van der Waals surface area contributed by atoms with E-state index in [1.807, 2.05) is 0 Å². The molecule has 1 aliphatic heterocycles. The van der Waals surface area contributed by atoms with Crippen LogP contribution in [0.4, 0.5) is 0 Å². The summed E-state index contributed by atoms with van der Waals surface area (Å²) < 4.78 is 6.76. The van der Waals surface area contributed by atoms with Gasteiger partial charge in [0.25, 0.3) is 5.91 Å². The maximum absolute atomic E-state index is 12.3. The molecule has 1 atom stereocenters. The lowest BCUT2D eigenvalue weighted by molar-refractivity contribution is 0.0637. The van der Waals surface area contributed by atoms with Gasteiger partial charge in [-0.1, -0.05) is 0 Å². The fourth-order valence-electron chi connectivity index (χ4n) is 2.56. The number of rotatable bonds is 3. The summed E-state index contributed by atoms with van der Waals surface area (Å²) in [5.41, 5.74) is 0.157. The fourth-order valence-corrected chi connectivity index (χ4v) is 2.56. The summed E-state index contributed by atoms with van der Waals surface area (Å²) in [6, 6.07) is 3.31. The van der Waals surface area contributed by atoms with Gasteiger partial charge in [-0.05, 0) is 25.0 Å². The predicted molar refractivity (Wildman–Crippen MR) is 72.1 cm³/mol. The maximum Gasteiger partial charge on any atom is 0.338 e. The number of hydrogen-bond acceptors (Lipinski definition) is 4. The van der Waals surface area contributed by atoms with E-state index in [1.165, 1.54) is 18.7 Å². The van der Waals surface area contributed by atoms with Gasteiger partial charge in [-0.3, -0.25) is 9.48 Å². The number of carboxylic acids is 1. The summed E-state index contributed by atoms with van der Waals surface area (Å²) in [5, 5.41) is 13.0. The van der Waals surface area contributed by atoms with Gasteiger partial charge in [-0.2, -0.15) is 5.10 Å². The van der Waals surface area contributed by atoms with E-state index in [0.717, 1.165) is 12.8 Å². The fraction of sp³-hybridized carbons (Fsp3) is 0.357. The van der Waals surface area contributed by atoms with Crippen molar-refractivity contribution >= 4 is 11.9 Å². The average molecular weight is 289 g/mol. The highest BCUT2D eigenvalue weighted by molar-refractivity contribution is 5.91. The third kappa shape index (κ3) is 2.67. The average Bonchev–Trinajstić information content (AvgIpc) is 3.18. The van der Waals surface area contributed by atoms with Crippen molar-refractivity contribution < 1.29 is 19.1 Å². The van der Waals surface area contributed by atoms with Crippen LogP contribution >= 0.6 is 0 Å². The second-order valence-electron chi connectivity index (χ2n) is 5.04. The van der Waals surface area contributed by atoms with Gasteiger partial charge in [0.05, 0.1) is 24.1 Å². The first-order valence-corrected chi connectivity index (χ1v) is 6.75. The van der Waals surface area contributed by atoms with E-state index in [4.69, 9.17) is 9.52 Å². The molecule has 3 heterocycles. The lowest BCUT2D eigenvalue weighted by Crippen LogP contribution is -2.40. The Morgan fingerprint density at radius 2 is 2.29 bits per heavy atom. The molecular weight excluding hydrogens is 274 g/mol. The minimum Gasteiger partial charge on any atom is -0.478 e. The number of carboxylic acid groups (broad SMARTS) is 1. The Bertz CT molecular complexity index is 647. The van der Waals surface area contributed by atoms with E-state index in [9.17, 15) is 9.59 Å². The van der Waals surface area contributed by atoms with E-state index in [0.29, 0.717) is 18.8 Å². The number of nitrogens with zero attached hydrogens (tertiary/aromatic N) is 3. The summed E-state index contributed by atoms with van der Waals surface area (Å²) in [6.07, 6.45) is 6.02. The molecular formula is C14H15N3O4. The van der Waals surface area contributed by atoms with Crippen LogP contribution in [-0.2, 0) is 0 Å². The summed E-state index contributed by atoms with van der Waals surface area (Å²) >= 11 is 0. The molecule has 1 N–H and O–H groups in total. The SMILES string of the molecule is O=C(O)c1cnn([C@H]2CCCN(C(=O)c3ccco3)C2)c1. The van der Waals surface area contributed by atoms with Gasteiger partial charge in [0.15, 0.2) is 5.76 Å². The van der Waals surface area contributed by atoms with E-state index in [1.54, 1.807) is 21.7 Å². The molecule has 0 bridgehead atoms. The highest BCUT2D eigenvalue weighted by Gasteiger charge is 2.27. The minimum absolute atomic E-state index is 0.00855. The number of hydrogen-bond donors (Lipinski definition) is 1. The molecule has 0 saturated carbocycles. The topological polar surface area (TPSA) is 88.6 Å². The third-order valence-corrected chi connectivity index (χ3v) is 3.64. The number of carbonyl (C=O) groups excluding carboxylic acids is 1. The quantitative estimate of drug-likeness (QED) is 0.928. The second kappa shape index (κ2) is 5.43. The van der Waals surface area contributed by atoms with Gasteiger partial charge < -0.3 is 14.4 Å². The van der Waals surface area contributed by atoms with Crippen LogP contribution in [0.2, 0.25) is 0 Å². The van der Waals surface area contributed by atoms with Crippen LogP contribution in [0.1, 0.15) is 39.8 Å². The van der Waals surface area contributed by atoms with Gasteiger partial charge in [-0.25, -0.2) is 4.79 Å². The van der Waals surface area contributed by atoms with E-state index in [2.05, 4.69) is 5.10 Å². The zero-order valence-corrected chi connectivity index (χ0v) is 11.3. The van der Waals surface area contributed by atoms with Crippen molar-refractivity contribution in [3.05, 3.63) is 42.1 Å². The van der Waals surface area contributed by atoms with Crippen molar-refractivity contribution in [2.75, 3.05) is 13.1 Å². The molecule has 1 fully saturated rings. The molecule has 110 valence electrons. The highest BCUT2D eigenvalue weighted by atomic mass is 16.4. The molecule has 1 saturated heterocycles. The van der Waals surface area contributed by atoms with Crippen molar-refractivity contribution in [1.82, 2.24) is 14.7 Å². The van der Waals surface area contributed by atoms with Gasteiger partial charge in [0.1, 0.15) is 0 Å². The van der Waals surface area contributed by atoms with Crippen molar-refractivity contribution in [3.63, 3.8) is 0 Å². The summed E-state index contributed by atoms with van der Waals surface area (Å²) in [4.78, 5) is 24.9. The van der Waals surface area contributed by atoms with Crippen molar-refractivity contribution in [3.8, 4) is 0 Å². The standard InChI is InChI=1S/C14H15N3O4/c18-13(12-4-2-6-21-12)16-5-1-3-11(9-16)17-8-10(7-15-17)14(19)20/h2,4,6-8,11H,1,3,5,9H2,(H,19,20)/t11-/m0/s1. The van der Waals surface area contributed by atoms with Gasteiger partial charge in [0, 0.05) is 19.3 Å². The molecule has 0 aliphatic carbocycles. The van der Waals surface area contributed by atoms with Crippen molar-refractivity contribution in [1.29, 1.82) is 0 Å². The van der Waals surface area contributed by atoms with Gasteiger partial charge in [0.2, 0.25) is 0 Å². The van der Waals surface area contributed by atoms with Crippen molar-refractivity contribution in [2.45, 2.75) is 18.9 Å². The number of likely N-dealkylation sites (tertiary alicyclic amines) is 1. The second-order valence-corrected chi connectivity index (χ2v) is 5.04. The number of carbonyl (C=O) groups is 2. The highest BCUT2D eigenvalue weighted by Crippen LogP contribution is 2.22. The molecule has 2 aromatic heterocycles. The zero-order chi connectivity index (χ0) is 14.8. The van der Waals surface area contributed by atoms with Crippen LogP contribution < -0.4 is 0 Å². The van der Waals surface area contributed by atoms with Gasteiger partial charge >= 0.3 is 5.97 Å². The monoisotopic (exact) mass is 289 g/mol. The zero-order valence-electron chi connectivity index (χ0n) is 11.3. The Morgan fingerprint density at radius 3 is 2.95 bits per heavy atom. The first-order chi connectivity index (χ1) is 10.1. The lowest BCUT2D eigenvalue weighted by Gasteiger charge is -2.32. The molecule has 2 aromatic rings. The number of aromatic carboxylic acids is 1. The smallest absolute Gasteiger partial charge is 0.338 e. The van der Waals surface area contributed by atoms with E-state index in [-0.39, 0.29) is 17.5 Å². The number of aromatic nitrogens is 2. The van der Waals surface area contributed by atoms with Crippen LogP contribution in [0.15, 0.2) is 35.2 Å². The van der Waals surface area contributed by atoms with Gasteiger partial charge in [-0.15, -0.1) is 0 Å². The molecule has 3 rings (SSSR count). The van der Waals surface area contributed by atoms with E-state index >= 15 is 0 Å². The first-order valence-electron chi connectivity index (χ1n) is 6.75. The Labute approximate surface area is 120 Å².